The van der Waals surface area contributed by atoms with E-state index in [4.69, 9.17) is 0 Å². The second-order valence-electron chi connectivity index (χ2n) is 10.6. The maximum Gasteiger partial charge on any atom is 0.274 e. The largest absolute Gasteiger partial charge is 0.351 e. The number of hydrogen-bond acceptors (Lipinski definition) is 4. The Bertz CT molecular complexity index is 1890. The number of carbonyl (C=O) groups excluding carboxylic acids is 1. The quantitative estimate of drug-likeness (QED) is 0.208. The van der Waals surface area contributed by atoms with Gasteiger partial charge in [0.15, 0.2) is 0 Å². The van der Waals surface area contributed by atoms with Gasteiger partial charge in [0, 0.05) is 31.6 Å². The van der Waals surface area contributed by atoms with Gasteiger partial charge < -0.3 is 20.2 Å². The average molecular weight is 585 g/mol. The maximum absolute atomic E-state index is 13.0. The number of H-pyrrole nitrogens is 1. The standard InChI is InChI=1S/C37H36N4O3/c1-41-34(26-27-12-5-2-6-13-27)36(43)40-33(37(41)44)25-28-14-11-19-31(24-28)35(42)39-23-22-38-21-20-32(29-15-7-3-8-16-29)30-17-9-4-10-18-30/h2-19,24-26,32,38H,20-23H2,1H3,(H,39,42)(H,40,43)/b33-25-,34-26-. The third-order valence-corrected chi connectivity index (χ3v) is 7.54. The van der Waals surface area contributed by atoms with E-state index < -0.39 is 0 Å². The van der Waals surface area contributed by atoms with Gasteiger partial charge in [-0.1, -0.05) is 103 Å². The molecule has 1 aromatic heterocycles. The maximum atomic E-state index is 13.0. The lowest BCUT2D eigenvalue weighted by molar-refractivity contribution is 0.0954. The molecule has 5 aromatic rings. The van der Waals surface area contributed by atoms with Gasteiger partial charge in [-0.25, -0.2) is 0 Å². The molecular weight excluding hydrogens is 548 g/mol. The summed E-state index contributed by atoms with van der Waals surface area (Å²) >= 11 is 0. The highest BCUT2D eigenvalue weighted by atomic mass is 16.2. The molecule has 0 aliphatic rings. The van der Waals surface area contributed by atoms with Crippen molar-refractivity contribution in [3.05, 3.63) is 174 Å². The van der Waals surface area contributed by atoms with Crippen molar-refractivity contribution in [3.63, 3.8) is 0 Å². The van der Waals surface area contributed by atoms with E-state index in [1.165, 1.54) is 15.7 Å². The van der Waals surface area contributed by atoms with Crippen LogP contribution < -0.4 is 32.5 Å². The number of nitrogens with one attached hydrogen (secondary N) is 3. The lowest BCUT2D eigenvalue weighted by Crippen LogP contribution is -2.52. The van der Waals surface area contributed by atoms with Crippen molar-refractivity contribution in [1.82, 2.24) is 20.2 Å². The van der Waals surface area contributed by atoms with Gasteiger partial charge in [0.25, 0.3) is 17.0 Å². The molecule has 0 bridgehead atoms. The number of amides is 1. The van der Waals surface area contributed by atoms with Crippen LogP contribution in [0.3, 0.4) is 0 Å². The minimum atomic E-state index is -0.373. The number of nitrogens with zero attached hydrogens (tertiary/aromatic N) is 1. The highest BCUT2D eigenvalue weighted by Gasteiger charge is 2.13. The van der Waals surface area contributed by atoms with Gasteiger partial charge in [-0.05, 0) is 59.5 Å². The Morgan fingerprint density at radius 3 is 2.02 bits per heavy atom. The first-order chi connectivity index (χ1) is 21.5. The van der Waals surface area contributed by atoms with Crippen molar-refractivity contribution in [1.29, 1.82) is 0 Å². The first-order valence-corrected chi connectivity index (χ1v) is 14.8. The third kappa shape index (κ3) is 7.76. The molecule has 0 atom stereocenters. The van der Waals surface area contributed by atoms with E-state index in [0.717, 1.165) is 18.5 Å². The Morgan fingerprint density at radius 2 is 1.36 bits per heavy atom. The van der Waals surface area contributed by atoms with Crippen molar-refractivity contribution in [3.8, 4) is 0 Å². The van der Waals surface area contributed by atoms with Gasteiger partial charge in [0.2, 0.25) is 0 Å². The lowest BCUT2D eigenvalue weighted by atomic mass is 9.88. The fraction of sp³-hybridized carbons (Fsp3) is 0.162. The first-order valence-electron chi connectivity index (χ1n) is 14.8. The molecule has 0 fully saturated rings. The Morgan fingerprint density at radius 1 is 0.750 bits per heavy atom. The minimum absolute atomic E-state index is 0.147. The molecule has 4 aromatic carbocycles. The molecule has 0 unspecified atom stereocenters. The molecule has 7 heteroatoms. The van der Waals surface area contributed by atoms with E-state index in [1.807, 2.05) is 42.5 Å². The van der Waals surface area contributed by atoms with Gasteiger partial charge in [-0.2, -0.15) is 0 Å². The number of rotatable bonds is 11. The molecule has 7 nitrogen and oxygen atoms in total. The zero-order valence-corrected chi connectivity index (χ0v) is 24.7. The van der Waals surface area contributed by atoms with Crippen molar-refractivity contribution in [2.45, 2.75) is 12.3 Å². The minimum Gasteiger partial charge on any atom is -0.351 e. The summed E-state index contributed by atoms with van der Waals surface area (Å²) in [6.45, 7) is 1.92. The SMILES string of the molecule is Cn1c(=O)/c(=C/c2cccc(C(=O)NCCNCCC(c3ccccc3)c3ccccc3)c2)[nH]c(=O)/c1=C/c1ccccc1. The van der Waals surface area contributed by atoms with Gasteiger partial charge in [0.05, 0.1) is 0 Å². The molecule has 3 N–H and O–H groups in total. The van der Waals surface area contributed by atoms with Crippen LogP contribution in [0.2, 0.25) is 0 Å². The molecule has 0 saturated heterocycles. The summed E-state index contributed by atoms with van der Waals surface area (Å²) in [6, 6.07) is 37.3. The Balaban J connectivity index is 1.19. The Kier molecular flexibility index (Phi) is 10.1. The lowest BCUT2D eigenvalue weighted by Gasteiger charge is -2.18. The van der Waals surface area contributed by atoms with E-state index >= 15 is 0 Å². The van der Waals surface area contributed by atoms with Crippen LogP contribution in [-0.2, 0) is 7.05 Å². The summed E-state index contributed by atoms with van der Waals surface area (Å²) in [4.78, 5) is 41.4. The summed E-state index contributed by atoms with van der Waals surface area (Å²) < 4.78 is 1.34. The molecule has 5 rings (SSSR count). The molecular formula is C37H36N4O3. The van der Waals surface area contributed by atoms with Crippen LogP contribution in [0.4, 0.5) is 0 Å². The number of aromatic nitrogens is 2. The predicted octanol–water partition coefficient (Wildman–Crippen LogP) is 3.27. The van der Waals surface area contributed by atoms with Gasteiger partial charge in [-0.3, -0.25) is 14.4 Å². The van der Waals surface area contributed by atoms with Crippen LogP contribution in [-0.4, -0.2) is 35.1 Å². The fourth-order valence-corrected chi connectivity index (χ4v) is 5.22. The van der Waals surface area contributed by atoms with Crippen molar-refractivity contribution in [2.75, 3.05) is 19.6 Å². The van der Waals surface area contributed by atoms with Crippen molar-refractivity contribution in [2.24, 2.45) is 7.05 Å². The molecule has 0 saturated carbocycles. The van der Waals surface area contributed by atoms with Crippen LogP contribution in [0.5, 0.6) is 0 Å². The van der Waals surface area contributed by atoms with Crippen LogP contribution in [0.1, 0.15) is 45.0 Å². The smallest absolute Gasteiger partial charge is 0.274 e. The number of hydrogen-bond donors (Lipinski definition) is 3. The van der Waals surface area contributed by atoms with E-state index in [2.05, 4.69) is 64.1 Å². The molecule has 0 spiro atoms. The monoisotopic (exact) mass is 584 g/mol. The van der Waals surface area contributed by atoms with E-state index in [0.29, 0.717) is 30.1 Å². The van der Waals surface area contributed by atoms with Crippen molar-refractivity contribution >= 4 is 18.1 Å². The Labute approximate surface area is 256 Å². The molecule has 1 heterocycles. The third-order valence-electron chi connectivity index (χ3n) is 7.54. The van der Waals surface area contributed by atoms with E-state index in [1.54, 1.807) is 43.5 Å². The summed E-state index contributed by atoms with van der Waals surface area (Å²) in [7, 11) is 1.57. The number of benzene rings is 4. The Hall–Kier alpha value is -5.27. The summed E-state index contributed by atoms with van der Waals surface area (Å²) in [6.07, 6.45) is 4.20. The predicted molar refractivity (Wildman–Crippen MR) is 176 cm³/mol. The molecule has 0 aliphatic carbocycles. The van der Waals surface area contributed by atoms with Gasteiger partial charge in [-0.15, -0.1) is 0 Å². The number of carbonyl (C=O) groups is 1. The number of aromatic amines is 1. The van der Waals surface area contributed by atoms with Crippen LogP contribution in [0.15, 0.2) is 125 Å². The molecule has 0 radical (unpaired) electrons. The average Bonchev–Trinajstić information content (AvgIpc) is 3.06. The molecule has 0 aliphatic heterocycles. The van der Waals surface area contributed by atoms with Crippen molar-refractivity contribution < 1.29 is 4.79 Å². The molecule has 44 heavy (non-hydrogen) atoms. The highest BCUT2D eigenvalue weighted by molar-refractivity contribution is 5.94. The summed E-state index contributed by atoms with van der Waals surface area (Å²) in [5, 5.41) is 6.81. The normalized spacial score (nSPS) is 12.0. The molecule has 222 valence electrons. The fourth-order valence-electron chi connectivity index (χ4n) is 5.22. The second kappa shape index (κ2) is 14.8. The van der Waals surface area contributed by atoms with Crippen LogP contribution in [0, 0.1) is 0 Å². The van der Waals surface area contributed by atoms with Crippen LogP contribution >= 0.6 is 0 Å². The zero-order valence-electron chi connectivity index (χ0n) is 24.7. The zero-order chi connectivity index (χ0) is 30.7. The van der Waals surface area contributed by atoms with Gasteiger partial charge in [0.1, 0.15) is 10.7 Å². The second-order valence-corrected chi connectivity index (χ2v) is 10.6. The topological polar surface area (TPSA) is 96.0 Å². The van der Waals surface area contributed by atoms with E-state index in [-0.39, 0.29) is 27.7 Å². The summed E-state index contributed by atoms with van der Waals surface area (Å²) in [5.74, 6) is 0.0890. The molecule has 1 amide bonds. The van der Waals surface area contributed by atoms with Gasteiger partial charge >= 0.3 is 0 Å². The van der Waals surface area contributed by atoms with E-state index in [9.17, 15) is 14.4 Å². The first kappa shape index (κ1) is 30.2. The highest BCUT2D eigenvalue weighted by Crippen LogP contribution is 2.27. The van der Waals surface area contributed by atoms with Crippen LogP contribution in [0.25, 0.3) is 12.2 Å². The summed E-state index contributed by atoms with van der Waals surface area (Å²) in [5.41, 5.74) is 3.79.